The molecule has 0 spiro atoms. The normalized spacial score (nSPS) is 17.8. The number of aromatic nitrogens is 3. The van der Waals surface area contributed by atoms with Gasteiger partial charge < -0.3 is 51.0 Å². The number of likely N-dealkylation sites (N-methyl/N-ethyl adjacent to an activating group) is 1. The molecule has 352 valence electrons. The fourth-order valence-electron chi connectivity index (χ4n) is 8.25. The molecule has 3 aliphatic rings. The number of carboxylic acids is 1. The number of hydrogen-bond acceptors (Lipinski definition) is 12. The molecule has 2 aliphatic heterocycles. The number of nitrogens with zero attached hydrogens (tertiary/aromatic N) is 6. The van der Waals surface area contributed by atoms with Crippen LogP contribution in [0.25, 0.3) is 0 Å². The number of carbonyl (C=O) groups is 5. The van der Waals surface area contributed by atoms with Crippen molar-refractivity contribution in [2.24, 2.45) is 11.7 Å². The van der Waals surface area contributed by atoms with E-state index in [9.17, 15) is 29.1 Å². The maximum absolute atomic E-state index is 15.4. The van der Waals surface area contributed by atoms with Crippen molar-refractivity contribution in [3.63, 3.8) is 0 Å². The van der Waals surface area contributed by atoms with Crippen molar-refractivity contribution in [1.29, 1.82) is 0 Å². The highest BCUT2D eigenvalue weighted by molar-refractivity contribution is 6.18. The molecule has 1 aromatic heterocycles. The molecular formula is C48H55FN10O8. The van der Waals surface area contributed by atoms with Crippen molar-refractivity contribution >= 4 is 35.7 Å². The van der Waals surface area contributed by atoms with E-state index >= 15 is 4.39 Å². The zero-order valence-corrected chi connectivity index (χ0v) is 37.1. The summed E-state index contributed by atoms with van der Waals surface area (Å²) in [5.74, 6) is -3.50. The van der Waals surface area contributed by atoms with Crippen molar-refractivity contribution < 1.29 is 42.9 Å². The van der Waals surface area contributed by atoms with E-state index in [2.05, 4.69) is 26.3 Å². The first kappa shape index (κ1) is 47.3. The highest BCUT2D eigenvalue weighted by atomic mass is 19.1. The summed E-state index contributed by atoms with van der Waals surface area (Å²) in [5, 5.41) is 27.5. The lowest BCUT2D eigenvalue weighted by Crippen LogP contribution is -2.50. The molecule has 2 unspecified atom stereocenters. The topological polar surface area (TPSA) is 227 Å². The van der Waals surface area contributed by atoms with Gasteiger partial charge in [-0.05, 0) is 67.2 Å². The third kappa shape index (κ3) is 12.6. The number of anilines is 1. The van der Waals surface area contributed by atoms with Crippen molar-refractivity contribution in [2.75, 3.05) is 51.1 Å². The summed E-state index contributed by atoms with van der Waals surface area (Å²) >= 11 is 0. The SMILES string of the molecule is CCN1C=C(C(=O)O)C(=O)C2C=C(F)C(N3CCN(C(=O)OCc4ccc(NC[C@H](CCCNC(N)=O)n5cc([C@H](Cc6ccccc6)NC(=O)OCc6ccccc6)nn5)cc4)CC3)=CC21. The molecule has 0 saturated carbocycles. The third-order valence-corrected chi connectivity index (χ3v) is 11.9. The molecule has 4 amide bonds. The second-order valence-electron chi connectivity index (χ2n) is 16.4. The van der Waals surface area contributed by atoms with Crippen LogP contribution in [-0.2, 0) is 38.7 Å². The summed E-state index contributed by atoms with van der Waals surface area (Å²) in [5.41, 5.74) is 9.23. The molecule has 6 N–H and O–H groups in total. The van der Waals surface area contributed by atoms with Crippen LogP contribution in [0.1, 0.15) is 54.2 Å². The van der Waals surface area contributed by atoms with E-state index in [-0.39, 0.29) is 24.8 Å². The number of benzene rings is 3. The molecule has 67 heavy (non-hydrogen) atoms. The average molecular weight is 919 g/mol. The van der Waals surface area contributed by atoms with Gasteiger partial charge in [-0.3, -0.25) is 4.79 Å². The molecule has 4 atom stereocenters. The number of hydrogen-bond donors (Lipinski definition) is 5. The number of allylic oxidation sites excluding steroid dienone is 1. The number of halogens is 1. The van der Waals surface area contributed by atoms with E-state index in [0.717, 1.165) is 22.4 Å². The summed E-state index contributed by atoms with van der Waals surface area (Å²) in [6.45, 7) is 4.48. The molecule has 18 nitrogen and oxygen atoms in total. The lowest BCUT2D eigenvalue weighted by atomic mass is 9.82. The standard InChI is InChI=1S/C48H55FN10O8/c1-2-56-28-38(45(61)62)44(60)37-25-39(49)43(26-42(37)56)57-20-22-58(23-21-57)48(65)67-31-34-15-17-35(18-16-34)52-27-36(14-9-19-51-46(50)63)59-29-41(54-55-59)40(24-32-10-5-3-6-11-32)53-47(64)66-30-33-12-7-4-8-13-33/h3-8,10-13,15-18,25-26,28-29,36-37,40,42,52H,2,9,14,19-24,27,30-31H2,1H3,(H,53,64)(H,61,62)(H3,50,51,63)/t36-,37?,40-,42?/m0/s1. The number of amides is 4. The van der Waals surface area contributed by atoms with Gasteiger partial charge >= 0.3 is 24.2 Å². The monoisotopic (exact) mass is 918 g/mol. The Balaban J connectivity index is 0.923. The molecule has 1 fully saturated rings. The molecule has 4 aromatic rings. The quantitative estimate of drug-likeness (QED) is 0.0583. The number of piperazine rings is 1. The third-order valence-electron chi connectivity index (χ3n) is 11.9. The van der Waals surface area contributed by atoms with Crippen LogP contribution in [0.3, 0.4) is 0 Å². The highest BCUT2D eigenvalue weighted by Crippen LogP contribution is 2.35. The summed E-state index contributed by atoms with van der Waals surface area (Å²) in [4.78, 5) is 67.1. The summed E-state index contributed by atoms with van der Waals surface area (Å²) in [7, 11) is 0. The summed E-state index contributed by atoms with van der Waals surface area (Å²) in [6.07, 6.45) is 6.59. The number of ketones is 1. The maximum Gasteiger partial charge on any atom is 0.410 e. The van der Waals surface area contributed by atoms with Crippen molar-refractivity contribution in [3.05, 3.63) is 149 Å². The van der Waals surface area contributed by atoms with Gasteiger partial charge in [-0.25, -0.2) is 28.3 Å². The van der Waals surface area contributed by atoms with Gasteiger partial charge in [-0.2, -0.15) is 0 Å². The average Bonchev–Trinajstić information content (AvgIpc) is 3.83. The Kier molecular flexibility index (Phi) is 15.9. The van der Waals surface area contributed by atoms with Crippen molar-refractivity contribution in [1.82, 2.24) is 40.3 Å². The fraction of sp³-hybridized carbons (Fsp3) is 0.354. The largest absolute Gasteiger partial charge is 0.478 e. The minimum atomic E-state index is -1.34. The van der Waals surface area contributed by atoms with Crippen molar-refractivity contribution in [3.8, 4) is 0 Å². The highest BCUT2D eigenvalue weighted by Gasteiger charge is 2.41. The number of alkyl carbamates (subject to hydrolysis) is 1. The first-order valence-electron chi connectivity index (χ1n) is 22.3. The summed E-state index contributed by atoms with van der Waals surface area (Å²) < 4.78 is 28.4. The molecule has 1 aliphatic carbocycles. The van der Waals surface area contributed by atoms with Crippen LogP contribution in [0, 0.1) is 5.92 Å². The number of primary amides is 1. The molecule has 3 heterocycles. The first-order chi connectivity index (χ1) is 32.4. The number of carboxylic acid groups (broad SMARTS) is 1. The predicted octanol–water partition coefficient (Wildman–Crippen LogP) is 5.45. The zero-order chi connectivity index (χ0) is 47.3. The Morgan fingerprint density at radius 2 is 1.57 bits per heavy atom. The van der Waals surface area contributed by atoms with E-state index < -0.39 is 53.8 Å². The molecular weight excluding hydrogens is 864 g/mol. The second-order valence-corrected chi connectivity index (χ2v) is 16.4. The predicted molar refractivity (Wildman–Crippen MR) is 244 cm³/mol. The Bertz CT molecular complexity index is 2460. The Labute approximate surface area is 387 Å². The van der Waals surface area contributed by atoms with Gasteiger partial charge in [0.05, 0.1) is 35.9 Å². The molecule has 0 bridgehead atoms. The molecule has 0 radical (unpaired) electrons. The maximum atomic E-state index is 15.4. The van der Waals surface area contributed by atoms with Crippen LogP contribution in [0.2, 0.25) is 0 Å². The number of aliphatic carboxylic acids is 1. The van der Waals surface area contributed by atoms with Gasteiger partial charge in [-0.15, -0.1) is 5.10 Å². The number of nitrogens with one attached hydrogen (secondary N) is 3. The lowest BCUT2D eigenvalue weighted by molar-refractivity contribution is -0.136. The first-order valence-corrected chi connectivity index (χ1v) is 22.3. The second kappa shape index (κ2) is 22.5. The van der Waals surface area contributed by atoms with E-state index in [4.69, 9.17) is 15.2 Å². The van der Waals surface area contributed by atoms with E-state index in [1.807, 2.05) is 103 Å². The Morgan fingerprint density at radius 3 is 2.24 bits per heavy atom. The van der Waals surface area contributed by atoms with Crippen LogP contribution in [0.4, 0.5) is 24.5 Å². The Hall–Kier alpha value is -7.70. The molecule has 3 aromatic carbocycles. The van der Waals surface area contributed by atoms with Crippen LogP contribution in [0.15, 0.2) is 127 Å². The summed E-state index contributed by atoms with van der Waals surface area (Å²) in [6, 6.07) is 24.7. The van der Waals surface area contributed by atoms with Gasteiger partial charge in [-0.1, -0.05) is 78.0 Å². The smallest absolute Gasteiger partial charge is 0.410 e. The van der Waals surface area contributed by atoms with Crippen molar-refractivity contribution in [2.45, 2.75) is 57.5 Å². The van der Waals surface area contributed by atoms with E-state index in [1.54, 1.807) is 20.6 Å². The van der Waals surface area contributed by atoms with Crippen LogP contribution >= 0.6 is 0 Å². The fourth-order valence-corrected chi connectivity index (χ4v) is 8.25. The van der Waals surface area contributed by atoms with Gasteiger partial charge in [0.25, 0.3) is 0 Å². The number of nitrogens with two attached hydrogens (primary N) is 1. The molecule has 19 heteroatoms. The lowest BCUT2D eigenvalue weighted by Gasteiger charge is -2.42. The van der Waals surface area contributed by atoms with Gasteiger partial charge in [0.1, 0.15) is 30.3 Å². The zero-order valence-electron chi connectivity index (χ0n) is 37.1. The number of urea groups is 1. The van der Waals surface area contributed by atoms with Gasteiger partial charge in [0, 0.05) is 57.7 Å². The minimum Gasteiger partial charge on any atom is -0.478 e. The number of rotatable bonds is 19. The minimum absolute atomic E-state index is 0.0346. The van der Waals surface area contributed by atoms with Gasteiger partial charge in [0.15, 0.2) is 5.78 Å². The van der Waals surface area contributed by atoms with Crippen LogP contribution in [0.5, 0.6) is 0 Å². The van der Waals surface area contributed by atoms with E-state index in [0.29, 0.717) is 76.5 Å². The number of carbonyl (C=O) groups excluding carboxylic acids is 4. The number of ether oxygens (including phenoxy) is 2. The number of fused-ring (bicyclic) bond motifs is 1. The molecule has 7 rings (SSSR count). The van der Waals surface area contributed by atoms with E-state index in [1.165, 1.54) is 12.3 Å². The molecule has 1 saturated heterocycles. The van der Waals surface area contributed by atoms with Crippen LogP contribution < -0.4 is 21.7 Å². The van der Waals surface area contributed by atoms with Crippen LogP contribution in [-0.4, -0.2) is 117 Å². The van der Waals surface area contributed by atoms with Gasteiger partial charge in [0.2, 0.25) is 0 Å². The number of Topliss-reactive ketones (excluding diaryl/α,β-unsaturated/α-hetero) is 1. The Morgan fingerprint density at radius 1 is 0.896 bits per heavy atom.